The van der Waals surface area contributed by atoms with Gasteiger partial charge in [0.1, 0.15) is 5.83 Å². The Labute approximate surface area is 48.7 Å². The van der Waals surface area contributed by atoms with Crippen molar-refractivity contribution in [2.24, 2.45) is 5.73 Å². The van der Waals surface area contributed by atoms with E-state index in [9.17, 15) is 4.39 Å². The summed E-state index contributed by atoms with van der Waals surface area (Å²) in [6.45, 7) is 5.04. The standard InChI is InChI=1S/C6H10FN/c1-3-4-6(7)5(2)8/h4H,2-3,8H2,1H3/b6-4-. The van der Waals surface area contributed by atoms with Crippen molar-refractivity contribution in [3.8, 4) is 0 Å². The summed E-state index contributed by atoms with van der Waals surface area (Å²) in [5.74, 6) is -0.410. The number of rotatable bonds is 2. The van der Waals surface area contributed by atoms with E-state index in [1.165, 1.54) is 6.08 Å². The molecule has 0 aromatic carbocycles. The summed E-state index contributed by atoms with van der Waals surface area (Å²) in [6.07, 6.45) is 2.05. The summed E-state index contributed by atoms with van der Waals surface area (Å²) < 4.78 is 12.2. The van der Waals surface area contributed by atoms with Gasteiger partial charge in [0, 0.05) is 0 Å². The molecule has 0 aliphatic heterocycles. The summed E-state index contributed by atoms with van der Waals surface area (Å²) in [5.41, 5.74) is 4.99. The van der Waals surface area contributed by atoms with Crippen molar-refractivity contribution in [1.82, 2.24) is 0 Å². The number of hydrogen-bond donors (Lipinski definition) is 1. The van der Waals surface area contributed by atoms with E-state index >= 15 is 0 Å². The molecule has 0 unspecified atom stereocenters. The molecule has 8 heavy (non-hydrogen) atoms. The van der Waals surface area contributed by atoms with E-state index in [1.807, 2.05) is 6.92 Å². The van der Waals surface area contributed by atoms with Crippen molar-refractivity contribution in [2.45, 2.75) is 13.3 Å². The van der Waals surface area contributed by atoms with Gasteiger partial charge in [-0.25, -0.2) is 4.39 Å². The van der Waals surface area contributed by atoms with Crippen LogP contribution in [-0.2, 0) is 0 Å². The van der Waals surface area contributed by atoms with Gasteiger partial charge in [0.2, 0.25) is 0 Å². The summed E-state index contributed by atoms with van der Waals surface area (Å²) in [5, 5.41) is 0. The van der Waals surface area contributed by atoms with Gasteiger partial charge < -0.3 is 5.73 Å². The van der Waals surface area contributed by atoms with Crippen molar-refractivity contribution in [3.05, 3.63) is 24.2 Å². The van der Waals surface area contributed by atoms with Gasteiger partial charge in [-0.3, -0.25) is 0 Å². The predicted molar refractivity (Wildman–Crippen MR) is 32.8 cm³/mol. The Bertz CT molecular complexity index is 116. The van der Waals surface area contributed by atoms with Crippen LogP contribution in [-0.4, -0.2) is 0 Å². The minimum Gasteiger partial charge on any atom is -0.397 e. The van der Waals surface area contributed by atoms with Gasteiger partial charge in [-0.2, -0.15) is 0 Å². The molecule has 0 aromatic heterocycles. The molecule has 2 heteroatoms. The Morgan fingerprint density at radius 3 is 2.50 bits per heavy atom. The second-order valence-corrected chi connectivity index (χ2v) is 1.49. The summed E-state index contributed by atoms with van der Waals surface area (Å²) >= 11 is 0. The highest BCUT2D eigenvalue weighted by Gasteiger charge is 1.90. The molecular formula is C6H10FN. The van der Waals surface area contributed by atoms with Gasteiger partial charge >= 0.3 is 0 Å². The summed E-state index contributed by atoms with van der Waals surface area (Å²) in [4.78, 5) is 0. The van der Waals surface area contributed by atoms with Crippen molar-refractivity contribution in [3.63, 3.8) is 0 Å². The van der Waals surface area contributed by atoms with Crippen LogP contribution in [0, 0.1) is 0 Å². The topological polar surface area (TPSA) is 26.0 Å². The van der Waals surface area contributed by atoms with Crippen LogP contribution < -0.4 is 5.73 Å². The third-order valence-electron chi connectivity index (χ3n) is 0.690. The Morgan fingerprint density at radius 1 is 1.88 bits per heavy atom. The molecule has 0 saturated carbocycles. The second-order valence-electron chi connectivity index (χ2n) is 1.49. The van der Waals surface area contributed by atoms with Crippen LogP contribution in [0.5, 0.6) is 0 Å². The Morgan fingerprint density at radius 2 is 2.38 bits per heavy atom. The highest BCUT2D eigenvalue weighted by molar-refractivity contribution is 5.17. The fourth-order valence-electron chi connectivity index (χ4n) is 0.310. The smallest absolute Gasteiger partial charge is 0.141 e. The SMILES string of the molecule is C=C(N)/C(F)=C/CC. The molecule has 0 spiro atoms. The Balaban J connectivity index is 3.80. The van der Waals surface area contributed by atoms with Gasteiger partial charge in [-0.1, -0.05) is 13.5 Å². The maximum absolute atomic E-state index is 12.2. The van der Waals surface area contributed by atoms with Crippen LogP contribution in [0.2, 0.25) is 0 Å². The molecule has 1 nitrogen and oxygen atoms in total. The third kappa shape index (κ3) is 2.39. The maximum atomic E-state index is 12.2. The number of halogens is 1. The molecule has 2 N–H and O–H groups in total. The summed E-state index contributed by atoms with van der Waals surface area (Å²) in [7, 11) is 0. The average molecular weight is 115 g/mol. The number of hydrogen-bond acceptors (Lipinski definition) is 1. The quantitative estimate of drug-likeness (QED) is 0.545. The molecule has 0 aliphatic carbocycles. The molecule has 0 aromatic rings. The van der Waals surface area contributed by atoms with Gasteiger partial charge in [-0.05, 0) is 12.5 Å². The lowest BCUT2D eigenvalue weighted by molar-refractivity contribution is 0.644. The highest BCUT2D eigenvalue weighted by atomic mass is 19.1. The minimum absolute atomic E-state index is 0.00634. The van der Waals surface area contributed by atoms with Crippen molar-refractivity contribution in [1.29, 1.82) is 0 Å². The first-order valence-corrected chi connectivity index (χ1v) is 2.49. The normalized spacial score (nSPS) is 11.5. The zero-order valence-electron chi connectivity index (χ0n) is 4.95. The predicted octanol–water partition coefficient (Wildman–Crippen LogP) is 1.72. The van der Waals surface area contributed by atoms with E-state index in [4.69, 9.17) is 5.73 Å². The van der Waals surface area contributed by atoms with Crippen LogP contribution in [0.3, 0.4) is 0 Å². The van der Waals surface area contributed by atoms with Crippen molar-refractivity contribution >= 4 is 0 Å². The number of nitrogens with two attached hydrogens (primary N) is 1. The molecular weight excluding hydrogens is 105 g/mol. The molecule has 0 radical (unpaired) electrons. The molecule has 0 bridgehead atoms. The monoisotopic (exact) mass is 115 g/mol. The minimum atomic E-state index is -0.410. The van der Waals surface area contributed by atoms with Crippen LogP contribution >= 0.6 is 0 Å². The van der Waals surface area contributed by atoms with Gasteiger partial charge in [0.05, 0.1) is 5.70 Å². The van der Waals surface area contributed by atoms with Crippen molar-refractivity contribution in [2.75, 3.05) is 0 Å². The molecule has 0 atom stereocenters. The van der Waals surface area contributed by atoms with E-state index in [0.29, 0.717) is 6.42 Å². The zero-order chi connectivity index (χ0) is 6.57. The lowest BCUT2D eigenvalue weighted by Crippen LogP contribution is -1.93. The average Bonchev–Trinajstić information content (AvgIpc) is 1.67. The van der Waals surface area contributed by atoms with E-state index in [-0.39, 0.29) is 5.70 Å². The molecule has 0 rings (SSSR count). The first-order chi connectivity index (χ1) is 3.68. The van der Waals surface area contributed by atoms with E-state index in [0.717, 1.165) is 0 Å². The van der Waals surface area contributed by atoms with Gasteiger partial charge in [-0.15, -0.1) is 0 Å². The van der Waals surface area contributed by atoms with E-state index in [1.54, 1.807) is 0 Å². The first kappa shape index (κ1) is 7.21. The number of allylic oxidation sites excluding steroid dienone is 2. The molecule has 0 amide bonds. The Kier molecular flexibility index (Phi) is 2.92. The lowest BCUT2D eigenvalue weighted by atomic mass is 10.3. The molecule has 0 heterocycles. The zero-order valence-corrected chi connectivity index (χ0v) is 4.95. The van der Waals surface area contributed by atoms with Crippen molar-refractivity contribution < 1.29 is 4.39 Å². The van der Waals surface area contributed by atoms with E-state index < -0.39 is 5.83 Å². The van der Waals surface area contributed by atoms with Gasteiger partial charge in [0.25, 0.3) is 0 Å². The largest absolute Gasteiger partial charge is 0.397 e. The molecule has 0 aliphatic rings. The van der Waals surface area contributed by atoms with Crippen LogP contribution in [0.4, 0.5) is 4.39 Å². The second kappa shape index (κ2) is 3.24. The molecule has 0 fully saturated rings. The van der Waals surface area contributed by atoms with E-state index in [2.05, 4.69) is 6.58 Å². The van der Waals surface area contributed by atoms with Crippen LogP contribution in [0.25, 0.3) is 0 Å². The fourth-order valence-corrected chi connectivity index (χ4v) is 0.310. The fraction of sp³-hybridized carbons (Fsp3) is 0.333. The lowest BCUT2D eigenvalue weighted by Gasteiger charge is -1.89. The van der Waals surface area contributed by atoms with Crippen LogP contribution in [0.1, 0.15) is 13.3 Å². The molecule has 46 valence electrons. The first-order valence-electron chi connectivity index (χ1n) is 2.49. The third-order valence-corrected chi connectivity index (χ3v) is 0.690. The van der Waals surface area contributed by atoms with Gasteiger partial charge in [0.15, 0.2) is 0 Å². The summed E-state index contributed by atoms with van der Waals surface area (Å²) in [6, 6.07) is 0. The molecule has 0 saturated heterocycles. The highest BCUT2D eigenvalue weighted by Crippen LogP contribution is 2.02. The Hall–Kier alpha value is -0.790. The van der Waals surface area contributed by atoms with Crippen LogP contribution in [0.15, 0.2) is 24.2 Å². The maximum Gasteiger partial charge on any atom is 0.141 e.